The van der Waals surface area contributed by atoms with Crippen LogP contribution in [0.3, 0.4) is 0 Å². The molecule has 0 bridgehead atoms. The van der Waals surface area contributed by atoms with Gasteiger partial charge in [-0.05, 0) is 57.7 Å². The summed E-state index contributed by atoms with van der Waals surface area (Å²) < 4.78 is 0. The van der Waals surface area contributed by atoms with E-state index in [1.54, 1.807) is 0 Å². The van der Waals surface area contributed by atoms with Gasteiger partial charge in [-0.2, -0.15) is 0 Å². The maximum absolute atomic E-state index is 10.5. The Kier molecular flexibility index (Phi) is 6.16. The van der Waals surface area contributed by atoms with Gasteiger partial charge in [-0.1, -0.05) is 6.08 Å². The first-order valence-electron chi connectivity index (χ1n) is 6.27. The summed E-state index contributed by atoms with van der Waals surface area (Å²) in [6, 6.07) is 0. The zero-order valence-electron chi connectivity index (χ0n) is 10.0. The second kappa shape index (κ2) is 7.44. The second-order valence-electron chi connectivity index (χ2n) is 4.65. The van der Waals surface area contributed by atoms with Crippen LogP contribution in [0.25, 0.3) is 0 Å². The fourth-order valence-electron chi connectivity index (χ4n) is 2.29. The highest BCUT2D eigenvalue weighted by atomic mass is 16.4. The van der Waals surface area contributed by atoms with Crippen LogP contribution in [0.4, 0.5) is 0 Å². The molecule has 92 valence electrons. The average Bonchev–Trinajstić information content (AvgIpc) is 2.28. The van der Waals surface area contributed by atoms with Crippen molar-refractivity contribution in [2.75, 3.05) is 19.6 Å². The summed E-state index contributed by atoms with van der Waals surface area (Å²) in [6.45, 7) is 7.17. The molecule has 1 aliphatic heterocycles. The number of nitrogens with zero attached hydrogens (tertiary/aromatic N) is 1. The molecule has 16 heavy (non-hydrogen) atoms. The fraction of sp³-hybridized carbons (Fsp3) is 0.769. The molecular formula is C13H23NO2. The first kappa shape index (κ1) is 13.2. The van der Waals surface area contributed by atoms with Crippen LogP contribution in [-0.4, -0.2) is 35.6 Å². The number of aliphatic carboxylic acids is 1. The normalized spacial score (nSPS) is 18.5. The largest absolute Gasteiger partial charge is 0.481 e. The summed E-state index contributed by atoms with van der Waals surface area (Å²) in [5.41, 5.74) is 0. The summed E-state index contributed by atoms with van der Waals surface area (Å²) in [6.07, 6.45) is 7.79. The first-order valence-corrected chi connectivity index (χ1v) is 6.27. The third-order valence-electron chi connectivity index (χ3n) is 3.36. The predicted molar refractivity (Wildman–Crippen MR) is 65.5 cm³/mol. The molecule has 0 atom stereocenters. The van der Waals surface area contributed by atoms with Gasteiger partial charge in [-0.3, -0.25) is 4.79 Å². The lowest BCUT2D eigenvalue weighted by Gasteiger charge is -2.31. The van der Waals surface area contributed by atoms with Gasteiger partial charge in [0.25, 0.3) is 0 Å². The Morgan fingerprint density at radius 3 is 2.69 bits per heavy atom. The van der Waals surface area contributed by atoms with Gasteiger partial charge in [-0.15, -0.1) is 6.58 Å². The SMILES string of the molecule is C=CCCCN1CCC(CCC(=O)O)CC1. The lowest BCUT2D eigenvalue weighted by atomic mass is 9.92. The van der Waals surface area contributed by atoms with Gasteiger partial charge in [-0.25, -0.2) is 0 Å². The smallest absolute Gasteiger partial charge is 0.303 e. The van der Waals surface area contributed by atoms with Crippen molar-refractivity contribution in [3.63, 3.8) is 0 Å². The number of carbonyl (C=O) groups is 1. The van der Waals surface area contributed by atoms with Crippen molar-refractivity contribution in [3.05, 3.63) is 12.7 Å². The van der Waals surface area contributed by atoms with Gasteiger partial charge < -0.3 is 10.0 Å². The highest BCUT2D eigenvalue weighted by Crippen LogP contribution is 2.21. The third-order valence-corrected chi connectivity index (χ3v) is 3.36. The Labute approximate surface area is 98.1 Å². The zero-order chi connectivity index (χ0) is 11.8. The van der Waals surface area contributed by atoms with Crippen molar-refractivity contribution in [2.24, 2.45) is 5.92 Å². The molecule has 0 aromatic rings. The van der Waals surface area contributed by atoms with E-state index in [2.05, 4.69) is 11.5 Å². The Morgan fingerprint density at radius 1 is 1.44 bits per heavy atom. The zero-order valence-corrected chi connectivity index (χ0v) is 10.0. The molecule has 0 aromatic heterocycles. The van der Waals surface area contributed by atoms with E-state index < -0.39 is 5.97 Å². The van der Waals surface area contributed by atoms with E-state index in [0.29, 0.717) is 12.3 Å². The maximum atomic E-state index is 10.5. The van der Waals surface area contributed by atoms with Crippen molar-refractivity contribution in [3.8, 4) is 0 Å². The number of allylic oxidation sites excluding steroid dienone is 1. The van der Waals surface area contributed by atoms with Crippen molar-refractivity contribution < 1.29 is 9.90 Å². The summed E-state index contributed by atoms with van der Waals surface area (Å²) in [7, 11) is 0. The number of rotatable bonds is 7. The Balaban J connectivity index is 2.08. The molecule has 1 heterocycles. The summed E-state index contributed by atoms with van der Waals surface area (Å²) in [5.74, 6) is -0.0276. The number of hydrogen-bond acceptors (Lipinski definition) is 2. The van der Waals surface area contributed by atoms with Gasteiger partial charge >= 0.3 is 5.97 Å². The number of carboxylic acid groups (broad SMARTS) is 1. The topological polar surface area (TPSA) is 40.5 Å². The van der Waals surface area contributed by atoms with Crippen LogP contribution in [0.15, 0.2) is 12.7 Å². The molecule has 0 aromatic carbocycles. The van der Waals surface area contributed by atoms with Crippen molar-refractivity contribution >= 4 is 5.97 Å². The molecule has 0 spiro atoms. The second-order valence-corrected chi connectivity index (χ2v) is 4.65. The molecule has 0 unspecified atom stereocenters. The minimum absolute atomic E-state index is 0.334. The Bertz CT molecular complexity index is 220. The number of piperidine rings is 1. The number of carboxylic acids is 1. The molecule has 0 aliphatic carbocycles. The van der Waals surface area contributed by atoms with E-state index in [1.165, 1.54) is 19.3 Å². The monoisotopic (exact) mass is 225 g/mol. The molecule has 1 saturated heterocycles. The minimum Gasteiger partial charge on any atom is -0.481 e. The Hall–Kier alpha value is -0.830. The molecule has 1 rings (SSSR count). The molecular weight excluding hydrogens is 202 g/mol. The van der Waals surface area contributed by atoms with Crippen molar-refractivity contribution in [1.29, 1.82) is 0 Å². The lowest BCUT2D eigenvalue weighted by molar-refractivity contribution is -0.137. The first-order chi connectivity index (χ1) is 7.72. The van der Waals surface area contributed by atoms with Crippen LogP contribution < -0.4 is 0 Å². The van der Waals surface area contributed by atoms with E-state index in [4.69, 9.17) is 5.11 Å². The number of hydrogen-bond donors (Lipinski definition) is 1. The van der Waals surface area contributed by atoms with Crippen LogP contribution in [0.2, 0.25) is 0 Å². The van der Waals surface area contributed by atoms with Gasteiger partial charge in [0.2, 0.25) is 0 Å². The van der Waals surface area contributed by atoms with Crippen LogP contribution in [0, 0.1) is 5.92 Å². The van der Waals surface area contributed by atoms with E-state index in [9.17, 15) is 4.79 Å². The van der Waals surface area contributed by atoms with Gasteiger partial charge in [0.1, 0.15) is 0 Å². The number of likely N-dealkylation sites (tertiary alicyclic amines) is 1. The van der Waals surface area contributed by atoms with E-state index in [1.807, 2.05) is 6.08 Å². The van der Waals surface area contributed by atoms with Crippen molar-refractivity contribution in [2.45, 2.75) is 38.5 Å². The van der Waals surface area contributed by atoms with Crippen LogP contribution in [-0.2, 0) is 4.79 Å². The van der Waals surface area contributed by atoms with Crippen molar-refractivity contribution in [1.82, 2.24) is 4.90 Å². The third kappa shape index (κ3) is 5.31. The lowest BCUT2D eigenvalue weighted by Crippen LogP contribution is -2.34. The molecule has 1 N–H and O–H groups in total. The molecule has 1 aliphatic rings. The van der Waals surface area contributed by atoms with Crippen LogP contribution >= 0.6 is 0 Å². The molecule has 0 radical (unpaired) electrons. The Morgan fingerprint density at radius 2 is 2.12 bits per heavy atom. The average molecular weight is 225 g/mol. The molecule has 0 amide bonds. The summed E-state index contributed by atoms with van der Waals surface area (Å²) in [5, 5.41) is 8.62. The highest BCUT2D eigenvalue weighted by Gasteiger charge is 2.19. The molecule has 1 fully saturated rings. The molecule has 0 saturated carbocycles. The predicted octanol–water partition coefficient (Wildman–Crippen LogP) is 2.53. The summed E-state index contributed by atoms with van der Waals surface area (Å²) >= 11 is 0. The number of unbranched alkanes of at least 4 members (excludes halogenated alkanes) is 1. The van der Waals surface area contributed by atoms with Gasteiger partial charge in [0, 0.05) is 6.42 Å². The van der Waals surface area contributed by atoms with E-state index in [0.717, 1.165) is 32.5 Å². The molecule has 3 heteroatoms. The maximum Gasteiger partial charge on any atom is 0.303 e. The standard InChI is InChI=1S/C13H23NO2/c1-2-3-4-9-14-10-7-12(8-11-14)5-6-13(15)16/h2,12H,1,3-11H2,(H,15,16). The summed E-state index contributed by atoms with van der Waals surface area (Å²) in [4.78, 5) is 12.9. The van der Waals surface area contributed by atoms with Gasteiger partial charge in [0.15, 0.2) is 0 Å². The van der Waals surface area contributed by atoms with E-state index in [-0.39, 0.29) is 0 Å². The van der Waals surface area contributed by atoms with Crippen LogP contribution in [0.5, 0.6) is 0 Å². The highest BCUT2D eigenvalue weighted by molar-refractivity contribution is 5.66. The fourth-order valence-corrected chi connectivity index (χ4v) is 2.29. The quantitative estimate of drug-likeness (QED) is 0.534. The van der Waals surface area contributed by atoms with Gasteiger partial charge in [0.05, 0.1) is 0 Å². The minimum atomic E-state index is -0.659. The molecule has 3 nitrogen and oxygen atoms in total. The van der Waals surface area contributed by atoms with Crippen LogP contribution in [0.1, 0.15) is 38.5 Å². The van der Waals surface area contributed by atoms with E-state index >= 15 is 0 Å².